The van der Waals surface area contributed by atoms with Crippen molar-refractivity contribution in [1.82, 2.24) is 4.90 Å². The number of nitrogen functional groups attached to an aromatic ring is 1. The Labute approximate surface area is 126 Å². The van der Waals surface area contributed by atoms with Gasteiger partial charge in [0.15, 0.2) is 0 Å². The van der Waals surface area contributed by atoms with Crippen LogP contribution in [0.1, 0.15) is 32.6 Å². The standard InChI is InChI=1S/C16H25N3O2/c1-12(19-9-5-3-4-6-10-19)16(20)18-13-7-8-15(21-2)14(17)11-13/h7-8,11-12H,3-6,9-10,17H2,1-2H3,(H,18,20). The number of amides is 1. The number of carbonyl (C=O) groups is 1. The fraction of sp³-hybridized carbons (Fsp3) is 0.562. The van der Waals surface area contributed by atoms with Crippen LogP contribution in [0.5, 0.6) is 5.75 Å². The molecule has 0 aromatic heterocycles. The molecule has 0 bridgehead atoms. The SMILES string of the molecule is COc1ccc(NC(=O)C(C)N2CCCCCC2)cc1N. The van der Waals surface area contributed by atoms with E-state index in [1.165, 1.54) is 25.7 Å². The largest absolute Gasteiger partial charge is 0.495 e. The molecule has 0 radical (unpaired) electrons. The Balaban J connectivity index is 1.98. The van der Waals surface area contributed by atoms with Gasteiger partial charge in [-0.2, -0.15) is 0 Å². The molecule has 1 saturated heterocycles. The van der Waals surface area contributed by atoms with Gasteiger partial charge in [0.25, 0.3) is 0 Å². The molecule has 5 heteroatoms. The molecule has 5 nitrogen and oxygen atoms in total. The summed E-state index contributed by atoms with van der Waals surface area (Å²) < 4.78 is 5.12. The lowest BCUT2D eigenvalue weighted by molar-refractivity contribution is -0.120. The van der Waals surface area contributed by atoms with E-state index >= 15 is 0 Å². The molecule has 1 aromatic carbocycles. The topological polar surface area (TPSA) is 67.6 Å². The van der Waals surface area contributed by atoms with Crippen molar-refractivity contribution in [3.8, 4) is 5.75 Å². The maximum atomic E-state index is 12.4. The highest BCUT2D eigenvalue weighted by atomic mass is 16.5. The van der Waals surface area contributed by atoms with E-state index in [4.69, 9.17) is 10.5 Å². The van der Waals surface area contributed by atoms with Gasteiger partial charge in [-0.05, 0) is 51.1 Å². The van der Waals surface area contributed by atoms with Crippen molar-refractivity contribution in [2.75, 3.05) is 31.2 Å². The number of benzene rings is 1. The van der Waals surface area contributed by atoms with Crippen molar-refractivity contribution >= 4 is 17.3 Å². The van der Waals surface area contributed by atoms with Gasteiger partial charge in [0.2, 0.25) is 5.91 Å². The normalized spacial score (nSPS) is 17.8. The van der Waals surface area contributed by atoms with Crippen LogP contribution >= 0.6 is 0 Å². The molecular formula is C16H25N3O2. The van der Waals surface area contributed by atoms with E-state index in [-0.39, 0.29) is 11.9 Å². The first-order valence-electron chi connectivity index (χ1n) is 7.60. The van der Waals surface area contributed by atoms with Crippen molar-refractivity contribution in [2.24, 2.45) is 0 Å². The van der Waals surface area contributed by atoms with Gasteiger partial charge in [0.05, 0.1) is 18.8 Å². The highest BCUT2D eigenvalue weighted by molar-refractivity contribution is 5.95. The zero-order valence-corrected chi connectivity index (χ0v) is 12.9. The predicted molar refractivity (Wildman–Crippen MR) is 85.5 cm³/mol. The third kappa shape index (κ3) is 4.11. The molecule has 1 unspecified atom stereocenters. The van der Waals surface area contributed by atoms with Gasteiger partial charge in [-0.3, -0.25) is 9.69 Å². The summed E-state index contributed by atoms with van der Waals surface area (Å²) >= 11 is 0. The molecule has 0 aliphatic carbocycles. The summed E-state index contributed by atoms with van der Waals surface area (Å²) in [5.41, 5.74) is 7.09. The number of hydrogen-bond donors (Lipinski definition) is 2. The number of anilines is 2. The summed E-state index contributed by atoms with van der Waals surface area (Å²) in [5, 5.41) is 2.94. The van der Waals surface area contributed by atoms with Crippen molar-refractivity contribution < 1.29 is 9.53 Å². The van der Waals surface area contributed by atoms with Gasteiger partial charge in [-0.1, -0.05) is 12.8 Å². The van der Waals surface area contributed by atoms with Gasteiger partial charge in [-0.15, -0.1) is 0 Å². The Morgan fingerprint density at radius 3 is 2.52 bits per heavy atom. The van der Waals surface area contributed by atoms with Gasteiger partial charge < -0.3 is 15.8 Å². The summed E-state index contributed by atoms with van der Waals surface area (Å²) in [4.78, 5) is 14.6. The third-order valence-electron chi connectivity index (χ3n) is 4.07. The molecule has 1 amide bonds. The molecule has 1 heterocycles. The molecular weight excluding hydrogens is 266 g/mol. The number of ether oxygens (including phenoxy) is 1. The number of likely N-dealkylation sites (tertiary alicyclic amines) is 1. The zero-order valence-electron chi connectivity index (χ0n) is 12.9. The summed E-state index contributed by atoms with van der Waals surface area (Å²) in [6, 6.07) is 5.18. The number of carbonyl (C=O) groups excluding carboxylic acids is 1. The maximum Gasteiger partial charge on any atom is 0.241 e. The number of rotatable bonds is 4. The fourth-order valence-corrected chi connectivity index (χ4v) is 2.71. The van der Waals surface area contributed by atoms with Crippen molar-refractivity contribution in [3.63, 3.8) is 0 Å². The predicted octanol–water partition coefficient (Wildman–Crippen LogP) is 2.48. The van der Waals surface area contributed by atoms with Gasteiger partial charge in [-0.25, -0.2) is 0 Å². The monoisotopic (exact) mass is 291 g/mol. The number of nitrogens with one attached hydrogen (secondary N) is 1. The molecule has 21 heavy (non-hydrogen) atoms. The molecule has 116 valence electrons. The van der Waals surface area contributed by atoms with E-state index in [0.717, 1.165) is 13.1 Å². The molecule has 3 N–H and O–H groups in total. The van der Waals surface area contributed by atoms with Crippen LogP contribution < -0.4 is 15.8 Å². The van der Waals surface area contributed by atoms with Crippen LogP contribution in [0.3, 0.4) is 0 Å². The van der Waals surface area contributed by atoms with Crippen molar-refractivity contribution in [3.05, 3.63) is 18.2 Å². The molecule has 0 saturated carbocycles. The van der Waals surface area contributed by atoms with Crippen LogP contribution in [0.15, 0.2) is 18.2 Å². The molecule has 0 spiro atoms. The van der Waals surface area contributed by atoms with Gasteiger partial charge >= 0.3 is 0 Å². The molecule has 2 rings (SSSR count). The van der Waals surface area contributed by atoms with Crippen LogP contribution in [0, 0.1) is 0 Å². The molecule has 1 fully saturated rings. The first kappa shape index (κ1) is 15.6. The van der Waals surface area contributed by atoms with Crippen molar-refractivity contribution in [2.45, 2.75) is 38.6 Å². The second-order valence-electron chi connectivity index (χ2n) is 5.57. The Kier molecular flexibility index (Phi) is 5.44. The van der Waals surface area contributed by atoms with E-state index < -0.39 is 0 Å². The van der Waals surface area contributed by atoms with Crippen LogP contribution in [0.4, 0.5) is 11.4 Å². The molecule has 1 aliphatic heterocycles. The Hall–Kier alpha value is -1.75. The van der Waals surface area contributed by atoms with E-state index in [2.05, 4.69) is 10.2 Å². The highest BCUT2D eigenvalue weighted by Gasteiger charge is 2.22. The quantitative estimate of drug-likeness (QED) is 0.836. The lowest BCUT2D eigenvalue weighted by Gasteiger charge is -2.26. The zero-order chi connectivity index (χ0) is 15.2. The van der Waals surface area contributed by atoms with Gasteiger partial charge in [0.1, 0.15) is 5.75 Å². The summed E-state index contributed by atoms with van der Waals surface area (Å²) in [5.74, 6) is 0.634. The Morgan fingerprint density at radius 2 is 1.95 bits per heavy atom. The van der Waals surface area contributed by atoms with E-state index in [0.29, 0.717) is 17.1 Å². The maximum absolute atomic E-state index is 12.4. The lowest BCUT2D eigenvalue weighted by Crippen LogP contribution is -2.42. The minimum atomic E-state index is -0.119. The summed E-state index contributed by atoms with van der Waals surface area (Å²) in [6.07, 6.45) is 4.87. The van der Waals surface area contributed by atoms with Gasteiger partial charge in [0, 0.05) is 5.69 Å². The van der Waals surface area contributed by atoms with Crippen LogP contribution in [0.25, 0.3) is 0 Å². The second kappa shape index (κ2) is 7.31. The van der Waals surface area contributed by atoms with Crippen LogP contribution in [0.2, 0.25) is 0 Å². The van der Waals surface area contributed by atoms with Crippen LogP contribution in [-0.2, 0) is 4.79 Å². The highest BCUT2D eigenvalue weighted by Crippen LogP contribution is 2.24. The average molecular weight is 291 g/mol. The Bertz CT molecular complexity index is 482. The second-order valence-corrected chi connectivity index (χ2v) is 5.57. The fourth-order valence-electron chi connectivity index (χ4n) is 2.71. The number of nitrogens with zero attached hydrogens (tertiary/aromatic N) is 1. The van der Waals surface area contributed by atoms with Crippen molar-refractivity contribution in [1.29, 1.82) is 0 Å². The average Bonchev–Trinajstić information content (AvgIpc) is 2.75. The minimum absolute atomic E-state index is 0.0152. The Morgan fingerprint density at radius 1 is 1.29 bits per heavy atom. The number of hydrogen-bond acceptors (Lipinski definition) is 4. The van der Waals surface area contributed by atoms with E-state index in [9.17, 15) is 4.79 Å². The van der Waals surface area contributed by atoms with E-state index in [1.54, 1.807) is 19.2 Å². The molecule has 1 aliphatic rings. The third-order valence-corrected chi connectivity index (χ3v) is 4.07. The first-order valence-corrected chi connectivity index (χ1v) is 7.60. The summed E-state index contributed by atoms with van der Waals surface area (Å²) in [7, 11) is 1.57. The number of methoxy groups -OCH3 is 1. The smallest absolute Gasteiger partial charge is 0.241 e. The lowest BCUT2D eigenvalue weighted by atomic mass is 10.2. The molecule has 1 atom stereocenters. The minimum Gasteiger partial charge on any atom is -0.495 e. The van der Waals surface area contributed by atoms with Crippen LogP contribution in [-0.4, -0.2) is 37.0 Å². The summed E-state index contributed by atoms with van der Waals surface area (Å²) in [6.45, 7) is 3.96. The first-order chi connectivity index (χ1) is 10.1. The van der Waals surface area contributed by atoms with E-state index in [1.807, 2.05) is 13.0 Å². The number of nitrogens with two attached hydrogens (primary N) is 1. The molecule has 1 aromatic rings.